The van der Waals surface area contributed by atoms with Crippen molar-refractivity contribution in [2.24, 2.45) is 0 Å². The molecule has 0 aliphatic heterocycles. The maximum absolute atomic E-state index is 12.5. The van der Waals surface area contributed by atoms with Crippen LogP contribution in [0.25, 0.3) is 0 Å². The highest BCUT2D eigenvalue weighted by Crippen LogP contribution is 2.34. The first-order chi connectivity index (χ1) is 6.36. The van der Waals surface area contributed by atoms with Gasteiger partial charge in [-0.2, -0.15) is 13.2 Å². The van der Waals surface area contributed by atoms with Gasteiger partial charge < -0.3 is 0 Å². The van der Waals surface area contributed by atoms with Crippen molar-refractivity contribution in [2.45, 2.75) is 25.9 Å². The Balaban J connectivity index is 3.40. The number of halogens is 4. The molecule has 14 heavy (non-hydrogen) atoms. The Hall–Kier alpha value is -0.700. The molecule has 1 aromatic rings. The van der Waals surface area contributed by atoms with Crippen molar-refractivity contribution in [3.8, 4) is 0 Å². The molecule has 0 radical (unpaired) electrons. The van der Waals surface area contributed by atoms with Gasteiger partial charge in [0, 0.05) is 5.88 Å². The largest absolute Gasteiger partial charge is 0.416 e. The first-order valence-corrected chi connectivity index (χ1v) is 4.63. The summed E-state index contributed by atoms with van der Waals surface area (Å²) in [5, 5.41) is 0. The molecule has 0 heterocycles. The highest BCUT2D eigenvalue weighted by atomic mass is 35.5. The fourth-order valence-electron chi connectivity index (χ4n) is 1.43. The first kappa shape index (κ1) is 11.4. The molecule has 0 aliphatic rings. The minimum atomic E-state index is -4.32. The van der Waals surface area contributed by atoms with E-state index in [1.54, 1.807) is 19.9 Å². The normalized spacial score (nSPS) is 11.9. The van der Waals surface area contributed by atoms with Gasteiger partial charge >= 0.3 is 6.18 Å². The summed E-state index contributed by atoms with van der Waals surface area (Å²) in [5.74, 6) is -0.110. The predicted molar refractivity (Wildman–Crippen MR) is 50.5 cm³/mol. The van der Waals surface area contributed by atoms with Crippen LogP contribution in [0.15, 0.2) is 12.1 Å². The lowest BCUT2D eigenvalue weighted by atomic mass is 10.00. The number of hydrogen-bond acceptors (Lipinski definition) is 0. The number of benzene rings is 1. The molecule has 0 aliphatic carbocycles. The molecule has 0 nitrogen and oxygen atoms in total. The molecule has 0 unspecified atom stereocenters. The van der Waals surface area contributed by atoms with Crippen molar-refractivity contribution in [1.29, 1.82) is 0 Å². The van der Waals surface area contributed by atoms with Crippen LogP contribution in [0.1, 0.15) is 22.3 Å². The van der Waals surface area contributed by atoms with E-state index in [4.69, 9.17) is 11.6 Å². The summed E-state index contributed by atoms with van der Waals surface area (Å²) < 4.78 is 37.6. The highest BCUT2D eigenvalue weighted by molar-refractivity contribution is 6.17. The quantitative estimate of drug-likeness (QED) is 0.629. The smallest absolute Gasteiger partial charge is 0.166 e. The van der Waals surface area contributed by atoms with Gasteiger partial charge in [-0.15, -0.1) is 11.6 Å². The molecule has 78 valence electrons. The molecule has 1 rings (SSSR count). The van der Waals surface area contributed by atoms with Crippen molar-refractivity contribution in [3.63, 3.8) is 0 Å². The van der Waals surface area contributed by atoms with Crippen LogP contribution in [-0.4, -0.2) is 0 Å². The van der Waals surface area contributed by atoms with Gasteiger partial charge in [-0.1, -0.05) is 11.6 Å². The molecular weight excluding hydrogens is 213 g/mol. The molecule has 0 spiro atoms. The molecule has 0 amide bonds. The van der Waals surface area contributed by atoms with E-state index >= 15 is 0 Å². The Labute approximate surface area is 85.7 Å². The molecule has 0 saturated carbocycles. The van der Waals surface area contributed by atoms with Gasteiger partial charge in [-0.25, -0.2) is 0 Å². The summed E-state index contributed by atoms with van der Waals surface area (Å²) in [6.45, 7) is 3.28. The molecule has 0 atom stereocenters. The van der Waals surface area contributed by atoms with Crippen LogP contribution < -0.4 is 0 Å². The third-order valence-corrected chi connectivity index (χ3v) is 2.32. The molecule has 0 saturated heterocycles. The summed E-state index contributed by atoms with van der Waals surface area (Å²) in [6, 6.07) is 2.83. The van der Waals surface area contributed by atoms with E-state index in [1.807, 2.05) is 0 Å². The average molecular weight is 223 g/mol. The second-order valence-corrected chi connectivity index (χ2v) is 3.51. The zero-order valence-electron chi connectivity index (χ0n) is 7.87. The van der Waals surface area contributed by atoms with Crippen molar-refractivity contribution in [2.75, 3.05) is 0 Å². The van der Waals surface area contributed by atoms with E-state index in [0.29, 0.717) is 11.1 Å². The van der Waals surface area contributed by atoms with Gasteiger partial charge in [-0.05, 0) is 31.0 Å². The van der Waals surface area contributed by atoms with Crippen LogP contribution in [0.3, 0.4) is 0 Å². The third kappa shape index (κ3) is 2.21. The molecule has 1 aromatic carbocycles. The van der Waals surface area contributed by atoms with Gasteiger partial charge in [0.25, 0.3) is 0 Å². The average Bonchev–Trinajstić information content (AvgIpc) is 2.01. The van der Waals surface area contributed by atoms with Crippen molar-refractivity contribution >= 4 is 11.6 Å². The summed E-state index contributed by atoms with van der Waals surface area (Å²) >= 11 is 5.50. The second kappa shape index (κ2) is 3.81. The Kier molecular flexibility index (Phi) is 3.10. The zero-order valence-corrected chi connectivity index (χ0v) is 8.63. The van der Waals surface area contributed by atoms with Gasteiger partial charge in [0.15, 0.2) is 0 Å². The van der Waals surface area contributed by atoms with Crippen molar-refractivity contribution < 1.29 is 13.2 Å². The van der Waals surface area contributed by atoms with Crippen LogP contribution in [0.2, 0.25) is 0 Å². The van der Waals surface area contributed by atoms with Crippen LogP contribution in [0.5, 0.6) is 0 Å². The minimum absolute atomic E-state index is 0.110. The Morgan fingerprint density at radius 3 is 2.21 bits per heavy atom. The van der Waals surface area contributed by atoms with E-state index in [9.17, 15) is 13.2 Å². The lowest BCUT2D eigenvalue weighted by Gasteiger charge is -2.14. The number of hydrogen-bond donors (Lipinski definition) is 0. The molecule has 0 fully saturated rings. The molecule has 0 N–H and O–H groups in total. The van der Waals surface area contributed by atoms with Gasteiger partial charge in [-0.3, -0.25) is 0 Å². The van der Waals surface area contributed by atoms with E-state index < -0.39 is 11.7 Å². The van der Waals surface area contributed by atoms with Crippen LogP contribution >= 0.6 is 11.6 Å². The Morgan fingerprint density at radius 2 is 1.79 bits per heavy atom. The molecule has 0 bridgehead atoms. The SMILES string of the molecule is Cc1cc(C)c(CCl)c(C(F)(F)F)c1. The lowest BCUT2D eigenvalue weighted by Crippen LogP contribution is -2.10. The van der Waals surface area contributed by atoms with E-state index in [1.165, 1.54) is 0 Å². The fourth-order valence-corrected chi connectivity index (χ4v) is 1.78. The maximum Gasteiger partial charge on any atom is 0.416 e. The second-order valence-electron chi connectivity index (χ2n) is 3.24. The Bertz CT molecular complexity index is 342. The van der Waals surface area contributed by atoms with Gasteiger partial charge in [0.1, 0.15) is 0 Å². The van der Waals surface area contributed by atoms with Crippen LogP contribution in [0.4, 0.5) is 13.2 Å². The van der Waals surface area contributed by atoms with Crippen molar-refractivity contribution in [3.05, 3.63) is 34.4 Å². The standard InChI is InChI=1S/C10H10ClF3/c1-6-3-7(2)8(5-11)9(4-6)10(12,13)14/h3-4H,5H2,1-2H3. The number of alkyl halides is 4. The predicted octanol–water partition coefficient (Wildman–Crippen LogP) is 4.06. The number of aryl methyl sites for hydroxylation is 2. The van der Waals surface area contributed by atoms with Crippen molar-refractivity contribution in [1.82, 2.24) is 0 Å². The van der Waals surface area contributed by atoms with E-state index in [-0.39, 0.29) is 11.4 Å². The van der Waals surface area contributed by atoms with Crippen LogP contribution in [-0.2, 0) is 12.1 Å². The molecule has 0 aromatic heterocycles. The van der Waals surface area contributed by atoms with Gasteiger partial charge in [0.2, 0.25) is 0 Å². The molecular formula is C10H10ClF3. The highest BCUT2D eigenvalue weighted by Gasteiger charge is 2.33. The topological polar surface area (TPSA) is 0 Å². The third-order valence-electron chi connectivity index (χ3n) is 2.06. The van der Waals surface area contributed by atoms with Gasteiger partial charge in [0.05, 0.1) is 5.56 Å². The number of rotatable bonds is 1. The van der Waals surface area contributed by atoms with Crippen LogP contribution in [0, 0.1) is 13.8 Å². The van der Waals surface area contributed by atoms with E-state index in [0.717, 1.165) is 6.07 Å². The first-order valence-electron chi connectivity index (χ1n) is 4.09. The fraction of sp³-hybridized carbons (Fsp3) is 0.400. The lowest BCUT2D eigenvalue weighted by molar-refractivity contribution is -0.138. The maximum atomic E-state index is 12.5. The summed E-state index contributed by atoms with van der Waals surface area (Å²) in [6.07, 6.45) is -4.32. The summed E-state index contributed by atoms with van der Waals surface area (Å²) in [4.78, 5) is 0. The molecule has 4 heteroatoms. The summed E-state index contributed by atoms with van der Waals surface area (Å²) in [7, 11) is 0. The zero-order chi connectivity index (χ0) is 10.9. The minimum Gasteiger partial charge on any atom is -0.166 e. The summed E-state index contributed by atoms with van der Waals surface area (Å²) in [5.41, 5.74) is 0.741. The monoisotopic (exact) mass is 222 g/mol. The van der Waals surface area contributed by atoms with E-state index in [2.05, 4.69) is 0 Å². The Morgan fingerprint density at radius 1 is 1.21 bits per heavy atom.